The molecule has 0 aliphatic rings. The van der Waals surface area contributed by atoms with Gasteiger partial charge in [0, 0.05) is 6.07 Å². The van der Waals surface area contributed by atoms with Gasteiger partial charge < -0.3 is 5.11 Å². The number of benzene rings is 1. The molecule has 0 fully saturated rings. The molecule has 0 aliphatic carbocycles. The minimum absolute atomic E-state index is 0. The summed E-state index contributed by atoms with van der Waals surface area (Å²) in [5.74, 6) is 0. The molecule has 0 saturated heterocycles. The van der Waals surface area contributed by atoms with Crippen molar-refractivity contribution in [1.29, 1.82) is 0 Å². The summed E-state index contributed by atoms with van der Waals surface area (Å²) in [7, 11) is 0.750. The minimum atomic E-state index is -0.512. The van der Waals surface area contributed by atoms with Crippen LogP contribution in [0.1, 0.15) is 0 Å². The molecular weight excluding hydrogens is 205 g/mol. The molecule has 0 spiro atoms. The van der Waals surface area contributed by atoms with E-state index in [0.717, 1.165) is 7.11 Å². The van der Waals surface area contributed by atoms with Crippen LogP contribution in [0.4, 0.5) is 5.69 Å². The molecule has 0 unspecified atom stereocenters. The number of nitro benzene ring substituents is 1. The Balaban J connectivity index is 0. The van der Waals surface area contributed by atoms with E-state index in [9.17, 15) is 10.1 Å². The van der Waals surface area contributed by atoms with Gasteiger partial charge >= 0.3 is 29.6 Å². The Morgan fingerprint density at radius 1 is 1.31 bits per heavy atom. The fourth-order valence-corrected chi connectivity index (χ4v) is 0.805. The van der Waals surface area contributed by atoms with Gasteiger partial charge in [-0.1, -0.05) is 23.7 Å². The molecule has 66 valence electrons. The maximum atomic E-state index is 10.1. The normalized spacial score (nSPS) is 7.62. The number of halogens is 1. The predicted molar refractivity (Wildman–Crippen MR) is 44.0 cm³/mol. The van der Waals surface area contributed by atoms with E-state index < -0.39 is 4.92 Å². The second-order valence-corrected chi connectivity index (χ2v) is 2.12. The first-order valence-electron chi connectivity index (χ1n) is 3.01. The average Bonchev–Trinajstić information content (AvgIpc) is 2.08. The zero-order chi connectivity index (χ0) is 9.56. The Morgan fingerprint density at radius 2 is 1.77 bits per heavy atom. The molecule has 13 heavy (non-hydrogen) atoms. The Bertz CT molecular complexity index is 270. The van der Waals surface area contributed by atoms with Crippen LogP contribution in [0.2, 0.25) is 5.02 Å². The largest absolute Gasteiger partial charge is 1.00 e. The van der Waals surface area contributed by atoms with Gasteiger partial charge in [0.15, 0.2) is 0 Å². The van der Waals surface area contributed by atoms with Gasteiger partial charge in [-0.25, -0.2) is 0 Å². The summed E-state index contributed by atoms with van der Waals surface area (Å²) >= 11 is 5.48. The van der Waals surface area contributed by atoms with Gasteiger partial charge in [-0.2, -0.15) is 7.11 Å². The minimum Gasteiger partial charge on any atom is -0.857 e. The Labute approximate surface area is 103 Å². The zero-order valence-electron chi connectivity index (χ0n) is 7.36. The van der Waals surface area contributed by atoms with Crippen LogP contribution in [-0.4, -0.2) is 12.0 Å². The predicted octanol–water partition coefficient (Wildman–Crippen LogP) is -1.77. The van der Waals surface area contributed by atoms with E-state index in [0.29, 0.717) is 0 Å². The second-order valence-electron chi connectivity index (χ2n) is 1.71. The van der Waals surface area contributed by atoms with E-state index in [2.05, 4.69) is 0 Å². The first-order chi connectivity index (χ1) is 5.72. The van der Waals surface area contributed by atoms with Crippen LogP contribution in [0.3, 0.4) is 0 Å². The van der Waals surface area contributed by atoms with Crippen LogP contribution >= 0.6 is 11.6 Å². The molecule has 6 heteroatoms. The van der Waals surface area contributed by atoms with E-state index in [1.165, 1.54) is 12.1 Å². The van der Waals surface area contributed by atoms with Gasteiger partial charge in [0.05, 0.1) is 4.92 Å². The maximum absolute atomic E-state index is 10.1. The molecule has 0 bridgehead atoms. The molecule has 0 aromatic heterocycles. The molecule has 1 aromatic rings. The van der Waals surface area contributed by atoms with Crippen molar-refractivity contribution in [2.75, 3.05) is 7.11 Å². The molecule has 0 radical (unpaired) electrons. The van der Waals surface area contributed by atoms with E-state index in [4.69, 9.17) is 16.7 Å². The van der Waals surface area contributed by atoms with Crippen molar-refractivity contribution >= 4 is 17.3 Å². The van der Waals surface area contributed by atoms with Gasteiger partial charge in [-0.05, 0) is 6.07 Å². The van der Waals surface area contributed by atoms with Crippen LogP contribution in [0.25, 0.3) is 0 Å². The molecule has 0 atom stereocenters. The number of rotatable bonds is 1. The molecule has 0 amide bonds. The Hall–Kier alpha value is -0.130. The summed E-state index contributed by atoms with van der Waals surface area (Å²) in [6.07, 6.45) is 0. The van der Waals surface area contributed by atoms with E-state index >= 15 is 0 Å². The van der Waals surface area contributed by atoms with Gasteiger partial charge in [0.25, 0.3) is 5.69 Å². The monoisotopic (exact) mass is 211 g/mol. The summed E-state index contributed by atoms with van der Waals surface area (Å²) in [5, 5.41) is 18.6. The summed E-state index contributed by atoms with van der Waals surface area (Å²) in [6, 6.07) is 6.07. The molecule has 4 nitrogen and oxygen atoms in total. The summed E-state index contributed by atoms with van der Waals surface area (Å²) < 4.78 is 0. The molecule has 0 aliphatic heterocycles. The third-order valence-corrected chi connectivity index (χ3v) is 1.37. The number of nitrogens with zero attached hydrogens (tertiary/aromatic N) is 1. The van der Waals surface area contributed by atoms with Crippen LogP contribution < -0.4 is 34.7 Å². The van der Waals surface area contributed by atoms with Crippen molar-refractivity contribution in [3.8, 4) is 0 Å². The number of para-hydroxylation sites is 1. The fraction of sp³-hybridized carbons (Fsp3) is 0.143. The Morgan fingerprint density at radius 3 is 2.08 bits per heavy atom. The van der Waals surface area contributed by atoms with Crippen LogP contribution in [0.5, 0.6) is 0 Å². The Kier molecular flexibility index (Phi) is 10.00. The van der Waals surface area contributed by atoms with Crippen molar-refractivity contribution in [3.05, 3.63) is 39.4 Å². The van der Waals surface area contributed by atoms with Crippen LogP contribution in [0.15, 0.2) is 24.3 Å². The summed E-state index contributed by atoms with van der Waals surface area (Å²) in [6.45, 7) is 0. The van der Waals surface area contributed by atoms with E-state index in [1.807, 2.05) is 0 Å². The first kappa shape index (κ1) is 15.3. The van der Waals surface area contributed by atoms with Crippen molar-refractivity contribution in [3.63, 3.8) is 0 Å². The number of nitro groups is 1. The van der Waals surface area contributed by atoms with Crippen LogP contribution in [-0.2, 0) is 0 Å². The SMILES string of the molecule is C[O-].O=[N+]([O-])c1ccccc1Cl.[Na+]. The number of hydrogen-bond acceptors (Lipinski definition) is 3. The molecule has 1 rings (SSSR count). The van der Waals surface area contributed by atoms with Crippen molar-refractivity contribution < 1.29 is 39.6 Å². The molecule has 1 aromatic carbocycles. The topological polar surface area (TPSA) is 66.2 Å². The van der Waals surface area contributed by atoms with E-state index in [1.54, 1.807) is 12.1 Å². The molecular formula is C7H7ClNNaO3. The number of hydrogen-bond donors (Lipinski definition) is 0. The van der Waals surface area contributed by atoms with Gasteiger partial charge in [0.1, 0.15) is 5.02 Å². The molecule has 0 N–H and O–H groups in total. The van der Waals surface area contributed by atoms with Crippen molar-refractivity contribution in [2.45, 2.75) is 0 Å². The maximum Gasteiger partial charge on any atom is 1.00 e. The van der Waals surface area contributed by atoms with Gasteiger partial charge in [-0.3, -0.25) is 10.1 Å². The van der Waals surface area contributed by atoms with Gasteiger partial charge in [-0.15, -0.1) is 0 Å². The standard InChI is InChI=1S/C6H4ClNO2.CH3O.Na/c7-5-3-1-2-4-6(5)8(9)10;1-2;/h1-4H;1H3;/q;-1;+1. The smallest absolute Gasteiger partial charge is 0.857 e. The molecule has 0 saturated carbocycles. The molecule has 0 heterocycles. The summed E-state index contributed by atoms with van der Waals surface area (Å²) in [4.78, 5) is 9.63. The van der Waals surface area contributed by atoms with Crippen molar-refractivity contribution in [2.24, 2.45) is 0 Å². The fourth-order valence-electron chi connectivity index (χ4n) is 0.600. The third-order valence-electron chi connectivity index (χ3n) is 1.05. The zero-order valence-corrected chi connectivity index (χ0v) is 10.1. The average molecular weight is 212 g/mol. The third kappa shape index (κ3) is 5.23. The van der Waals surface area contributed by atoms with Crippen molar-refractivity contribution in [1.82, 2.24) is 0 Å². The van der Waals surface area contributed by atoms with Gasteiger partial charge in [0.2, 0.25) is 0 Å². The summed E-state index contributed by atoms with van der Waals surface area (Å²) in [5.41, 5.74) is -0.0517. The quantitative estimate of drug-likeness (QED) is 0.314. The second kappa shape index (κ2) is 8.47. The van der Waals surface area contributed by atoms with Crippen LogP contribution in [0, 0.1) is 10.1 Å². The first-order valence-corrected chi connectivity index (χ1v) is 3.39. The van der Waals surface area contributed by atoms with E-state index in [-0.39, 0.29) is 40.3 Å².